The summed E-state index contributed by atoms with van der Waals surface area (Å²) >= 11 is 3.27. The summed E-state index contributed by atoms with van der Waals surface area (Å²) in [5.74, 6) is -1.63. The number of phenols is 1. The second kappa shape index (κ2) is 8.11. The van der Waals surface area contributed by atoms with Gasteiger partial charge in [0.15, 0.2) is 11.5 Å². The lowest BCUT2D eigenvalue weighted by molar-refractivity contribution is -0.136. The molecule has 7 nitrogen and oxygen atoms in total. The predicted octanol–water partition coefficient (Wildman–Crippen LogP) is 2.25. The van der Waals surface area contributed by atoms with Crippen LogP contribution in [0.15, 0.2) is 52.0 Å². The molecule has 0 spiro atoms. The van der Waals surface area contributed by atoms with E-state index in [1.165, 1.54) is 13.3 Å². The zero-order valence-corrected chi connectivity index (χ0v) is 14.2. The van der Waals surface area contributed by atoms with Gasteiger partial charge in [0, 0.05) is 15.7 Å². The van der Waals surface area contributed by atoms with Crippen molar-refractivity contribution < 1.29 is 19.4 Å². The molecule has 0 aromatic heterocycles. The third-order valence-corrected chi connectivity index (χ3v) is 3.46. The molecule has 0 aliphatic heterocycles. The topological polar surface area (TPSA) is 100 Å². The van der Waals surface area contributed by atoms with Crippen LogP contribution in [0.1, 0.15) is 5.56 Å². The number of phenolic OH excluding ortho intramolecular Hbond substituents is 1. The molecule has 0 unspecified atom stereocenters. The van der Waals surface area contributed by atoms with Gasteiger partial charge in [-0.1, -0.05) is 22.0 Å². The van der Waals surface area contributed by atoms with Gasteiger partial charge in [-0.2, -0.15) is 5.10 Å². The molecule has 0 aliphatic carbocycles. The van der Waals surface area contributed by atoms with E-state index in [4.69, 9.17) is 4.74 Å². The molecule has 2 amide bonds. The Labute approximate surface area is 146 Å². The van der Waals surface area contributed by atoms with Gasteiger partial charge in [0.1, 0.15) is 0 Å². The lowest BCUT2D eigenvalue weighted by Gasteiger charge is -2.05. The van der Waals surface area contributed by atoms with E-state index in [1.807, 2.05) is 0 Å². The average molecular weight is 392 g/mol. The largest absolute Gasteiger partial charge is 0.504 e. The smallest absolute Gasteiger partial charge is 0.329 e. The van der Waals surface area contributed by atoms with Crippen LogP contribution in [0.3, 0.4) is 0 Å². The van der Waals surface area contributed by atoms with Crippen molar-refractivity contribution in [2.45, 2.75) is 0 Å². The van der Waals surface area contributed by atoms with E-state index >= 15 is 0 Å². The van der Waals surface area contributed by atoms with Gasteiger partial charge in [0.25, 0.3) is 0 Å². The van der Waals surface area contributed by atoms with Crippen molar-refractivity contribution in [3.05, 3.63) is 52.5 Å². The average Bonchev–Trinajstić information content (AvgIpc) is 2.58. The number of ether oxygens (including phenoxy) is 1. The molecule has 0 radical (unpaired) electrons. The maximum Gasteiger partial charge on any atom is 0.329 e. The van der Waals surface area contributed by atoms with Crippen LogP contribution in [0, 0.1) is 0 Å². The van der Waals surface area contributed by atoms with Crippen LogP contribution in [0.4, 0.5) is 5.69 Å². The van der Waals surface area contributed by atoms with Crippen LogP contribution in [0.2, 0.25) is 0 Å². The van der Waals surface area contributed by atoms with Gasteiger partial charge in [-0.05, 0) is 36.4 Å². The first-order valence-electron chi connectivity index (χ1n) is 6.77. The number of para-hydroxylation sites is 1. The fourth-order valence-corrected chi connectivity index (χ4v) is 2.00. The van der Waals surface area contributed by atoms with Crippen molar-refractivity contribution in [3.8, 4) is 11.5 Å². The van der Waals surface area contributed by atoms with E-state index in [-0.39, 0.29) is 11.5 Å². The maximum absolute atomic E-state index is 11.7. The molecule has 0 heterocycles. The lowest BCUT2D eigenvalue weighted by Crippen LogP contribution is -2.32. The molecule has 24 heavy (non-hydrogen) atoms. The highest BCUT2D eigenvalue weighted by atomic mass is 79.9. The second-order valence-corrected chi connectivity index (χ2v) is 5.47. The number of rotatable bonds is 4. The first-order valence-corrected chi connectivity index (χ1v) is 7.56. The number of carbonyl (C=O) groups is 2. The quantitative estimate of drug-likeness (QED) is 0.422. The molecule has 2 aromatic carbocycles. The minimum atomic E-state index is -0.934. The van der Waals surface area contributed by atoms with E-state index in [2.05, 4.69) is 31.8 Å². The van der Waals surface area contributed by atoms with Gasteiger partial charge in [-0.3, -0.25) is 9.59 Å². The number of carbonyl (C=O) groups excluding carboxylic acids is 2. The molecule has 0 aliphatic rings. The van der Waals surface area contributed by atoms with Crippen LogP contribution in [0.5, 0.6) is 11.5 Å². The highest BCUT2D eigenvalue weighted by molar-refractivity contribution is 9.10. The Morgan fingerprint density at radius 1 is 1.17 bits per heavy atom. The molecule has 2 aromatic rings. The summed E-state index contributed by atoms with van der Waals surface area (Å²) in [6.45, 7) is 0. The third-order valence-electron chi connectivity index (χ3n) is 2.93. The van der Waals surface area contributed by atoms with Gasteiger partial charge in [0.05, 0.1) is 13.3 Å². The number of methoxy groups -OCH3 is 1. The Kier molecular flexibility index (Phi) is 5.91. The first kappa shape index (κ1) is 17.5. The number of amides is 2. The van der Waals surface area contributed by atoms with Crippen molar-refractivity contribution in [1.29, 1.82) is 0 Å². The summed E-state index contributed by atoms with van der Waals surface area (Å²) < 4.78 is 5.81. The minimum absolute atomic E-state index is 0.114. The first-order chi connectivity index (χ1) is 11.5. The predicted molar refractivity (Wildman–Crippen MR) is 93.2 cm³/mol. The zero-order chi connectivity index (χ0) is 17.5. The monoisotopic (exact) mass is 391 g/mol. The maximum atomic E-state index is 11.7. The number of hydrazone groups is 1. The number of nitrogens with zero attached hydrogens (tertiary/aromatic N) is 1. The van der Waals surface area contributed by atoms with Crippen molar-refractivity contribution >= 4 is 39.6 Å². The fourth-order valence-electron chi connectivity index (χ4n) is 1.74. The molecular weight excluding hydrogens is 378 g/mol. The van der Waals surface area contributed by atoms with E-state index in [0.29, 0.717) is 11.3 Å². The van der Waals surface area contributed by atoms with Gasteiger partial charge < -0.3 is 15.2 Å². The summed E-state index contributed by atoms with van der Waals surface area (Å²) in [4.78, 5) is 23.4. The second-order valence-electron chi connectivity index (χ2n) is 4.56. The summed E-state index contributed by atoms with van der Waals surface area (Å²) in [6.07, 6.45) is 1.21. The SMILES string of the molecule is COc1cccc(/C=N\NC(=O)C(=O)Nc2ccc(Br)cc2)c1O. The van der Waals surface area contributed by atoms with Crippen molar-refractivity contribution in [2.75, 3.05) is 12.4 Å². The Hall–Kier alpha value is -2.87. The molecule has 0 saturated heterocycles. The van der Waals surface area contributed by atoms with Crippen LogP contribution in [-0.2, 0) is 9.59 Å². The highest BCUT2D eigenvalue weighted by Crippen LogP contribution is 2.27. The Morgan fingerprint density at radius 2 is 1.88 bits per heavy atom. The number of benzene rings is 2. The van der Waals surface area contributed by atoms with Gasteiger partial charge in [-0.15, -0.1) is 0 Å². The minimum Gasteiger partial charge on any atom is -0.504 e. The summed E-state index contributed by atoms with van der Waals surface area (Å²) in [5.41, 5.74) is 2.90. The number of anilines is 1. The normalized spacial score (nSPS) is 10.4. The molecule has 0 saturated carbocycles. The van der Waals surface area contributed by atoms with Crippen LogP contribution in [-0.4, -0.2) is 30.2 Å². The van der Waals surface area contributed by atoms with E-state index in [9.17, 15) is 14.7 Å². The van der Waals surface area contributed by atoms with Crippen molar-refractivity contribution in [2.24, 2.45) is 5.10 Å². The molecule has 124 valence electrons. The highest BCUT2D eigenvalue weighted by Gasteiger charge is 2.13. The Bertz CT molecular complexity index is 775. The Morgan fingerprint density at radius 3 is 2.54 bits per heavy atom. The van der Waals surface area contributed by atoms with Gasteiger partial charge in [-0.25, -0.2) is 5.43 Å². The van der Waals surface area contributed by atoms with Gasteiger partial charge >= 0.3 is 11.8 Å². The molecule has 0 bridgehead atoms. The Balaban J connectivity index is 1.95. The summed E-state index contributed by atoms with van der Waals surface area (Å²) in [5, 5.41) is 15.9. The summed E-state index contributed by atoms with van der Waals surface area (Å²) in [7, 11) is 1.42. The third kappa shape index (κ3) is 4.56. The molecule has 8 heteroatoms. The molecule has 2 rings (SSSR count). The summed E-state index contributed by atoms with van der Waals surface area (Å²) in [6, 6.07) is 11.6. The van der Waals surface area contributed by atoms with Gasteiger partial charge in [0.2, 0.25) is 0 Å². The van der Waals surface area contributed by atoms with Crippen molar-refractivity contribution in [1.82, 2.24) is 5.43 Å². The van der Waals surface area contributed by atoms with E-state index < -0.39 is 11.8 Å². The molecule has 0 atom stereocenters. The lowest BCUT2D eigenvalue weighted by atomic mass is 10.2. The van der Waals surface area contributed by atoms with Crippen LogP contribution >= 0.6 is 15.9 Å². The number of halogens is 1. The van der Waals surface area contributed by atoms with Crippen molar-refractivity contribution in [3.63, 3.8) is 0 Å². The van der Waals surface area contributed by atoms with Crippen LogP contribution < -0.4 is 15.5 Å². The number of hydrogen-bond acceptors (Lipinski definition) is 5. The fraction of sp³-hybridized carbons (Fsp3) is 0.0625. The standard InChI is InChI=1S/C16H14BrN3O4/c1-24-13-4-2-3-10(14(13)21)9-18-20-16(23)15(22)19-12-7-5-11(17)6-8-12/h2-9,21H,1H3,(H,19,22)(H,20,23)/b18-9-. The zero-order valence-electron chi connectivity index (χ0n) is 12.6. The number of aromatic hydroxyl groups is 1. The van der Waals surface area contributed by atoms with E-state index in [0.717, 1.165) is 4.47 Å². The molecule has 3 N–H and O–H groups in total. The van der Waals surface area contributed by atoms with E-state index in [1.54, 1.807) is 42.5 Å². The molecule has 0 fully saturated rings. The number of nitrogens with one attached hydrogen (secondary N) is 2. The van der Waals surface area contributed by atoms with Crippen LogP contribution in [0.25, 0.3) is 0 Å². The molecular formula is C16H14BrN3O4. The number of hydrogen-bond donors (Lipinski definition) is 3.